The molecule has 1 aromatic carbocycles. The van der Waals surface area contributed by atoms with Crippen molar-refractivity contribution in [3.63, 3.8) is 0 Å². The van der Waals surface area contributed by atoms with E-state index in [2.05, 4.69) is 42.2 Å². The Morgan fingerprint density at radius 3 is 2.68 bits per heavy atom. The average Bonchev–Trinajstić information content (AvgIpc) is 2.75. The molecule has 0 bridgehead atoms. The van der Waals surface area contributed by atoms with E-state index in [0.717, 1.165) is 38.8 Å². The summed E-state index contributed by atoms with van der Waals surface area (Å²) in [6.07, 6.45) is 4.39. The number of likely N-dealkylation sites (N-methyl/N-ethyl adjacent to an activating group) is 1. The Morgan fingerprint density at radius 2 is 2.05 bits per heavy atom. The lowest BCUT2D eigenvalue weighted by Gasteiger charge is -2.31. The van der Waals surface area contributed by atoms with Crippen molar-refractivity contribution < 1.29 is 9.90 Å². The highest BCUT2D eigenvalue weighted by molar-refractivity contribution is 5.69. The molecule has 4 nitrogen and oxygen atoms in total. The van der Waals surface area contributed by atoms with Crippen molar-refractivity contribution in [2.75, 3.05) is 26.7 Å². The SMILES string of the molecule is CCC(c1ccccc1)N1CCCC(N(C)CC(=O)O)CC1. The number of likely N-dealkylation sites (tertiary alicyclic amines) is 1. The molecule has 1 saturated heterocycles. The summed E-state index contributed by atoms with van der Waals surface area (Å²) in [5.74, 6) is -0.737. The first-order valence-electron chi connectivity index (χ1n) is 8.32. The van der Waals surface area contributed by atoms with Gasteiger partial charge in [-0.1, -0.05) is 37.3 Å². The Hall–Kier alpha value is -1.39. The maximum atomic E-state index is 10.9. The molecule has 1 N–H and O–H groups in total. The predicted molar refractivity (Wildman–Crippen MR) is 89.0 cm³/mol. The molecule has 122 valence electrons. The third-order valence-corrected chi connectivity index (χ3v) is 4.75. The van der Waals surface area contributed by atoms with Crippen molar-refractivity contribution in [2.24, 2.45) is 0 Å². The largest absolute Gasteiger partial charge is 0.480 e. The van der Waals surface area contributed by atoms with Gasteiger partial charge in [-0.05, 0) is 44.8 Å². The third-order valence-electron chi connectivity index (χ3n) is 4.75. The van der Waals surface area contributed by atoms with E-state index < -0.39 is 5.97 Å². The number of hydrogen-bond acceptors (Lipinski definition) is 3. The maximum absolute atomic E-state index is 10.9. The van der Waals surface area contributed by atoms with Gasteiger partial charge < -0.3 is 5.11 Å². The van der Waals surface area contributed by atoms with Gasteiger partial charge in [-0.15, -0.1) is 0 Å². The van der Waals surface area contributed by atoms with Crippen LogP contribution in [0.3, 0.4) is 0 Å². The van der Waals surface area contributed by atoms with Crippen molar-refractivity contribution in [2.45, 2.75) is 44.7 Å². The minimum absolute atomic E-state index is 0.139. The molecule has 2 unspecified atom stereocenters. The van der Waals surface area contributed by atoms with Gasteiger partial charge in [0.2, 0.25) is 0 Å². The summed E-state index contributed by atoms with van der Waals surface area (Å²) in [6.45, 7) is 4.53. The second kappa shape index (κ2) is 8.30. The van der Waals surface area contributed by atoms with Crippen LogP contribution in [0.1, 0.15) is 44.2 Å². The highest BCUT2D eigenvalue weighted by Gasteiger charge is 2.25. The molecular weight excluding hydrogens is 276 g/mol. The van der Waals surface area contributed by atoms with Crippen LogP contribution < -0.4 is 0 Å². The zero-order valence-electron chi connectivity index (χ0n) is 13.7. The molecule has 2 atom stereocenters. The number of benzene rings is 1. The Bertz CT molecular complexity index is 463. The van der Waals surface area contributed by atoms with E-state index in [1.807, 2.05) is 11.9 Å². The average molecular weight is 304 g/mol. The van der Waals surface area contributed by atoms with Crippen molar-refractivity contribution in [3.8, 4) is 0 Å². The first-order chi connectivity index (χ1) is 10.6. The molecule has 2 rings (SSSR count). The number of carboxylic acid groups (broad SMARTS) is 1. The highest BCUT2D eigenvalue weighted by Crippen LogP contribution is 2.27. The normalized spacial score (nSPS) is 21.5. The minimum Gasteiger partial charge on any atom is -0.480 e. The molecule has 4 heteroatoms. The second-order valence-corrected chi connectivity index (χ2v) is 6.26. The number of nitrogens with zero attached hydrogens (tertiary/aromatic N) is 2. The lowest BCUT2D eigenvalue weighted by Crippen LogP contribution is -2.37. The molecule has 0 saturated carbocycles. The smallest absolute Gasteiger partial charge is 0.317 e. The molecule has 1 heterocycles. The lowest BCUT2D eigenvalue weighted by atomic mass is 10.0. The molecule has 0 radical (unpaired) electrons. The molecule has 1 aliphatic heterocycles. The van der Waals surface area contributed by atoms with Crippen LogP contribution in [-0.2, 0) is 4.79 Å². The summed E-state index contributed by atoms with van der Waals surface area (Å²) in [5, 5.41) is 8.96. The summed E-state index contributed by atoms with van der Waals surface area (Å²) < 4.78 is 0. The van der Waals surface area contributed by atoms with Gasteiger partial charge in [0, 0.05) is 18.6 Å². The van der Waals surface area contributed by atoms with Crippen LogP contribution >= 0.6 is 0 Å². The number of aliphatic carboxylic acids is 1. The number of carboxylic acids is 1. The number of rotatable bonds is 6. The molecule has 0 spiro atoms. The fourth-order valence-corrected chi connectivity index (χ4v) is 3.58. The van der Waals surface area contributed by atoms with Crippen molar-refractivity contribution >= 4 is 5.97 Å². The Kier molecular flexibility index (Phi) is 6.40. The van der Waals surface area contributed by atoms with Crippen molar-refractivity contribution in [3.05, 3.63) is 35.9 Å². The van der Waals surface area contributed by atoms with Gasteiger partial charge in [-0.2, -0.15) is 0 Å². The molecule has 1 aromatic rings. The Balaban J connectivity index is 1.98. The van der Waals surface area contributed by atoms with Crippen molar-refractivity contribution in [1.82, 2.24) is 9.80 Å². The zero-order valence-corrected chi connectivity index (χ0v) is 13.7. The molecule has 0 amide bonds. The van der Waals surface area contributed by atoms with Crippen molar-refractivity contribution in [1.29, 1.82) is 0 Å². The van der Waals surface area contributed by atoms with Gasteiger partial charge in [0.1, 0.15) is 0 Å². The minimum atomic E-state index is -0.737. The van der Waals surface area contributed by atoms with Gasteiger partial charge in [0.15, 0.2) is 0 Å². The van der Waals surface area contributed by atoms with E-state index >= 15 is 0 Å². The first-order valence-corrected chi connectivity index (χ1v) is 8.32. The summed E-state index contributed by atoms with van der Waals surface area (Å²) in [4.78, 5) is 15.5. The fraction of sp³-hybridized carbons (Fsp3) is 0.611. The van der Waals surface area contributed by atoms with Crippen LogP contribution in [0.5, 0.6) is 0 Å². The van der Waals surface area contributed by atoms with E-state index in [-0.39, 0.29) is 6.54 Å². The quantitative estimate of drug-likeness (QED) is 0.877. The molecule has 1 fully saturated rings. The fourth-order valence-electron chi connectivity index (χ4n) is 3.58. The lowest BCUT2D eigenvalue weighted by molar-refractivity contribution is -0.138. The molecular formula is C18H28N2O2. The van der Waals surface area contributed by atoms with Crippen LogP contribution in [0.15, 0.2) is 30.3 Å². The van der Waals surface area contributed by atoms with Crippen LogP contribution in [0, 0.1) is 0 Å². The monoisotopic (exact) mass is 304 g/mol. The number of carbonyl (C=O) groups is 1. The van der Waals surface area contributed by atoms with E-state index in [1.165, 1.54) is 5.56 Å². The van der Waals surface area contributed by atoms with E-state index in [4.69, 9.17) is 5.11 Å². The summed E-state index contributed by atoms with van der Waals surface area (Å²) >= 11 is 0. The Labute approximate surface area is 133 Å². The van der Waals surface area contributed by atoms with Gasteiger partial charge in [0.05, 0.1) is 6.54 Å². The number of hydrogen-bond donors (Lipinski definition) is 1. The van der Waals surface area contributed by atoms with Gasteiger partial charge >= 0.3 is 5.97 Å². The van der Waals surface area contributed by atoms with Crippen LogP contribution in [-0.4, -0.2) is 53.6 Å². The molecule has 1 aliphatic rings. The van der Waals surface area contributed by atoms with Gasteiger partial charge in [-0.3, -0.25) is 14.6 Å². The van der Waals surface area contributed by atoms with Gasteiger partial charge in [0.25, 0.3) is 0 Å². The highest BCUT2D eigenvalue weighted by atomic mass is 16.4. The van der Waals surface area contributed by atoms with E-state index in [0.29, 0.717) is 12.1 Å². The standard InChI is InChI=1S/C18H28N2O2/c1-3-17(15-8-5-4-6-9-15)20-12-7-10-16(11-13-20)19(2)14-18(21)22/h4-6,8-9,16-17H,3,7,10-14H2,1-2H3,(H,21,22). The summed E-state index contributed by atoms with van der Waals surface area (Å²) in [5.41, 5.74) is 1.39. The maximum Gasteiger partial charge on any atom is 0.317 e. The third kappa shape index (κ3) is 4.55. The first kappa shape index (κ1) is 17.0. The van der Waals surface area contributed by atoms with E-state index in [1.54, 1.807) is 0 Å². The zero-order chi connectivity index (χ0) is 15.9. The second-order valence-electron chi connectivity index (χ2n) is 6.26. The molecule has 0 aliphatic carbocycles. The Morgan fingerprint density at radius 1 is 1.32 bits per heavy atom. The topological polar surface area (TPSA) is 43.8 Å². The predicted octanol–water partition coefficient (Wildman–Crippen LogP) is 3.01. The van der Waals surface area contributed by atoms with Crippen LogP contribution in [0.4, 0.5) is 0 Å². The van der Waals surface area contributed by atoms with Crippen LogP contribution in [0.2, 0.25) is 0 Å². The summed E-state index contributed by atoms with van der Waals surface area (Å²) in [7, 11) is 1.93. The van der Waals surface area contributed by atoms with Crippen LogP contribution in [0.25, 0.3) is 0 Å². The molecule has 0 aromatic heterocycles. The summed E-state index contributed by atoms with van der Waals surface area (Å²) in [6, 6.07) is 11.6. The van der Waals surface area contributed by atoms with E-state index in [9.17, 15) is 4.79 Å². The van der Waals surface area contributed by atoms with Gasteiger partial charge in [-0.25, -0.2) is 0 Å². The molecule has 22 heavy (non-hydrogen) atoms.